The summed E-state index contributed by atoms with van der Waals surface area (Å²) in [7, 11) is 3.54. The highest BCUT2D eigenvalue weighted by atomic mass is 32.2. The Morgan fingerprint density at radius 1 is 1.14 bits per heavy atom. The molecule has 1 aromatic heterocycles. The van der Waals surface area contributed by atoms with Crippen LogP contribution in [0.4, 0.5) is 0 Å². The van der Waals surface area contributed by atoms with Gasteiger partial charge in [-0.05, 0) is 50.9 Å². The van der Waals surface area contributed by atoms with Crippen LogP contribution < -0.4 is 30.0 Å². The summed E-state index contributed by atoms with van der Waals surface area (Å²) < 4.78 is 37.8. The van der Waals surface area contributed by atoms with Gasteiger partial charge in [0.1, 0.15) is 29.4 Å². The average molecular weight is 797 g/mol. The van der Waals surface area contributed by atoms with Gasteiger partial charge >= 0.3 is 11.9 Å². The van der Waals surface area contributed by atoms with Gasteiger partial charge in [-0.1, -0.05) is 24.3 Å². The lowest BCUT2D eigenvalue weighted by molar-refractivity contribution is -0.191. The van der Waals surface area contributed by atoms with Crippen molar-refractivity contribution in [2.45, 2.75) is 92.9 Å². The van der Waals surface area contributed by atoms with E-state index in [9.17, 15) is 15.0 Å². The maximum absolute atomic E-state index is 15.2. The zero-order valence-electron chi connectivity index (χ0n) is 32.2. The standard InChI is InChI=1S/C42H44N4O10S/c1-17-10-20-11-24-39(49)46-31(30(45(24)4)27(20)32(48)33(17)51-5)37-28-29(36-35(52-16-53-36)18(2)34(28)54-19(3)47)42(46)13-26(42)56-40(50)41(15-57-37)38-23(12-21(14-43)44-41)22-8-6-7-9-25(22)55-38/h6-10,21,24,26,30-31,37,39,44,48-49H,11-16,43H2,1-5H3/t21-,24+,26?,30-,31-,37-,39+,41-,42?/m1/s1. The van der Waals surface area contributed by atoms with Crippen LogP contribution in [0.5, 0.6) is 28.7 Å². The van der Waals surface area contributed by atoms with E-state index in [0.717, 1.165) is 27.6 Å². The first-order valence-electron chi connectivity index (χ1n) is 19.5. The van der Waals surface area contributed by atoms with E-state index in [0.29, 0.717) is 70.3 Å². The number of furan rings is 1. The van der Waals surface area contributed by atoms with Crippen molar-refractivity contribution < 1.29 is 47.9 Å². The van der Waals surface area contributed by atoms with E-state index in [1.807, 2.05) is 51.2 Å². The Kier molecular flexibility index (Phi) is 7.52. The predicted octanol–water partition coefficient (Wildman–Crippen LogP) is 3.70. The number of hydrogen-bond donors (Lipinski definition) is 4. The van der Waals surface area contributed by atoms with Crippen molar-refractivity contribution in [1.82, 2.24) is 15.1 Å². The Balaban J connectivity index is 1.20. The van der Waals surface area contributed by atoms with Crippen LogP contribution in [0.3, 0.4) is 0 Å². The van der Waals surface area contributed by atoms with Crippen molar-refractivity contribution >= 4 is 34.7 Å². The number of phenolic OH excluding ortho intramolecular Hbond substituents is 1. The monoisotopic (exact) mass is 796 g/mol. The number of nitrogens with zero attached hydrogens (tertiary/aromatic N) is 2. The number of aryl methyl sites for hydroxylation is 1. The van der Waals surface area contributed by atoms with Gasteiger partial charge in [0.15, 0.2) is 28.5 Å². The fourth-order valence-corrected chi connectivity index (χ4v) is 13.0. The van der Waals surface area contributed by atoms with Gasteiger partial charge in [0.2, 0.25) is 6.79 Å². The number of thioether (sulfide) groups is 1. The molecule has 4 bridgehead atoms. The molecule has 7 aliphatic heterocycles. The zero-order valence-corrected chi connectivity index (χ0v) is 33.0. The molecular weight excluding hydrogens is 753 g/mol. The second-order valence-corrected chi connectivity index (χ2v) is 17.7. The highest BCUT2D eigenvalue weighted by molar-refractivity contribution is 7.99. The van der Waals surface area contributed by atoms with Crippen LogP contribution in [0.1, 0.15) is 69.3 Å². The SMILES string of the molecule is COc1c(C)cc2c(c1O)[C@@H]1[C@@H]3[C@@H]4SC[C@]5(N[C@@H](CN)Cc6c5oc5ccccc65)C(=O)OC5CC5(c5c6c(c(C)c(OC(C)=O)c54)OCO6)N3[C@@H](O)[C@H](C2)N1C. The van der Waals surface area contributed by atoms with Crippen molar-refractivity contribution in [3.8, 4) is 28.7 Å². The van der Waals surface area contributed by atoms with Gasteiger partial charge in [-0.2, -0.15) is 0 Å². The summed E-state index contributed by atoms with van der Waals surface area (Å²) in [5.74, 6) is 1.38. The molecule has 2 unspecified atom stereocenters. The van der Waals surface area contributed by atoms with E-state index in [2.05, 4.69) is 15.1 Å². The number of methoxy groups -OCH3 is 1. The molecule has 3 fully saturated rings. The molecular formula is C42H44N4O10S. The van der Waals surface area contributed by atoms with Crippen LogP contribution in [-0.4, -0.2) is 95.7 Å². The van der Waals surface area contributed by atoms with Gasteiger partial charge in [0, 0.05) is 70.9 Å². The number of hydrogen-bond acceptors (Lipinski definition) is 15. The van der Waals surface area contributed by atoms with Crippen molar-refractivity contribution in [2.75, 3.05) is 33.2 Å². The minimum atomic E-state index is -1.45. The molecule has 2 saturated heterocycles. The number of para-hydroxylation sites is 1. The summed E-state index contributed by atoms with van der Waals surface area (Å²) in [6, 6.07) is 8.12. The summed E-state index contributed by atoms with van der Waals surface area (Å²) in [5.41, 5.74) is 9.86. The number of carbonyl (C=O) groups excluding carboxylic acids is 2. The normalized spacial score (nSPS) is 33.2. The Morgan fingerprint density at radius 3 is 2.70 bits per heavy atom. The van der Waals surface area contributed by atoms with Gasteiger partial charge < -0.3 is 44.0 Å². The number of aliphatic hydroxyl groups is 1. The number of ether oxygens (including phenoxy) is 5. The van der Waals surface area contributed by atoms with E-state index in [4.69, 9.17) is 33.8 Å². The molecule has 15 heteroatoms. The van der Waals surface area contributed by atoms with Crippen LogP contribution >= 0.6 is 11.8 Å². The Hall–Kier alpha value is -4.51. The third-order valence-corrected chi connectivity index (χ3v) is 15.2. The quantitative estimate of drug-likeness (QED) is 0.174. The number of fused-ring (bicyclic) bond motifs is 10. The van der Waals surface area contributed by atoms with E-state index >= 15 is 4.79 Å². The number of esters is 2. The lowest BCUT2D eigenvalue weighted by Gasteiger charge is -2.62. The Morgan fingerprint density at radius 2 is 1.93 bits per heavy atom. The van der Waals surface area contributed by atoms with Gasteiger partial charge in [-0.25, -0.2) is 4.79 Å². The first-order valence-corrected chi connectivity index (χ1v) is 20.5. The third-order valence-electron chi connectivity index (χ3n) is 13.7. The summed E-state index contributed by atoms with van der Waals surface area (Å²) in [5, 5.41) is 28.9. The highest BCUT2D eigenvalue weighted by Gasteiger charge is 2.75. The second kappa shape index (κ2) is 12.0. The van der Waals surface area contributed by atoms with Crippen molar-refractivity contribution in [3.05, 3.63) is 75.0 Å². The number of nitrogens with two attached hydrogens (primary N) is 1. The molecule has 298 valence electrons. The number of piperazine rings is 1. The predicted molar refractivity (Wildman–Crippen MR) is 207 cm³/mol. The smallest absolute Gasteiger partial charge is 0.335 e. The average Bonchev–Trinajstić information content (AvgIpc) is 3.47. The first-order chi connectivity index (χ1) is 27.4. The Labute approximate surface area is 332 Å². The molecule has 14 nitrogen and oxygen atoms in total. The molecule has 3 aromatic carbocycles. The number of rotatable bonds is 3. The third kappa shape index (κ3) is 4.44. The number of nitrogens with one attached hydrogen (secondary N) is 1. The molecule has 0 radical (unpaired) electrons. The fraction of sp³-hybridized carbons (Fsp3) is 0.476. The lowest BCUT2D eigenvalue weighted by Crippen LogP contribution is -2.72. The van der Waals surface area contributed by atoms with Gasteiger partial charge in [-0.3, -0.25) is 19.9 Å². The van der Waals surface area contributed by atoms with Crippen molar-refractivity contribution in [1.29, 1.82) is 0 Å². The van der Waals surface area contributed by atoms with Gasteiger partial charge in [0.25, 0.3) is 0 Å². The molecule has 8 aliphatic rings. The zero-order chi connectivity index (χ0) is 39.4. The minimum absolute atomic E-state index is 0.0484. The van der Waals surface area contributed by atoms with E-state index in [-0.39, 0.29) is 36.9 Å². The number of benzene rings is 3. The number of carbonyl (C=O) groups is 2. The van der Waals surface area contributed by atoms with Crippen LogP contribution in [-0.2, 0) is 38.2 Å². The van der Waals surface area contributed by atoms with Crippen molar-refractivity contribution in [2.24, 2.45) is 5.73 Å². The molecule has 8 heterocycles. The summed E-state index contributed by atoms with van der Waals surface area (Å²) in [6.45, 7) is 5.35. The summed E-state index contributed by atoms with van der Waals surface area (Å²) in [4.78, 5) is 32.5. The Bertz CT molecular complexity index is 2450. The number of aromatic hydroxyl groups is 1. The molecule has 4 aromatic rings. The highest BCUT2D eigenvalue weighted by Crippen LogP contribution is 2.72. The fourth-order valence-electron chi connectivity index (χ4n) is 11.4. The molecule has 0 amide bonds. The summed E-state index contributed by atoms with van der Waals surface area (Å²) >= 11 is 1.49. The molecule has 57 heavy (non-hydrogen) atoms. The van der Waals surface area contributed by atoms with E-state index < -0.39 is 52.7 Å². The van der Waals surface area contributed by atoms with Gasteiger partial charge in [-0.15, -0.1) is 11.8 Å². The maximum Gasteiger partial charge on any atom is 0.335 e. The summed E-state index contributed by atoms with van der Waals surface area (Å²) in [6.07, 6.45) is -0.452. The van der Waals surface area contributed by atoms with Crippen LogP contribution in [0.2, 0.25) is 0 Å². The molecule has 5 N–H and O–H groups in total. The molecule has 1 saturated carbocycles. The van der Waals surface area contributed by atoms with Crippen LogP contribution in [0.25, 0.3) is 11.0 Å². The largest absolute Gasteiger partial charge is 0.504 e. The van der Waals surface area contributed by atoms with Crippen LogP contribution in [0.15, 0.2) is 34.7 Å². The number of phenols is 1. The van der Waals surface area contributed by atoms with Gasteiger partial charge in [0.05, 0.1) is 30.0 Å². The molecule has 2 spiro atoms. The van der Waals surface area contributed by atoms with E-state index in [1.165, 1.54) is 18.7 Å². The van der Waals surface area contributed by atoms with Crippen LogP contribution in [0, 0.1) is 13.8 Å². The number of aliphatic hydroxyl groups excluding tert-OH is 1. The van der Waals surface area contributed by atoms with Crippen molar-refractivity contribution in [3.63, 3.8) is 0 Å². The molecule has 9 atom stereocenters. The molecule has 12 rings (SSSR count). The minimum Gasteiger partial charge on any atom is -0.504 e. The second-order valence-electron chi connectivity index (χ2n) is 16.6. The lowest BCUT2D eigenvalue weighted by atomic mass is 9.72. The molecule has 1 aliphatic carbocycles. The first kappa shape index (κ1) is 35.6. The maximum atomic E-state index is 15.2. The topological polar surface area (TPSA) is 178 Å². The van der Waals surface area contributed by atoms with E-state index in [1.54, 1.807) is 7.11 Å². The number of likely N-dealkylation sites (N-methyl/N-ethyl adjacent to an activating group) is 1.